The van der Waals surface area contributed by atoms with Crippen molar-refractivity contribution in [3.05, 3.63) is 47.7 Å². The lowest BCUT2D eigenvalue weighted by Gasteiger charge is -2.45. The molecule has 2 aromatic rings. The van der Waals surface area contributed by atoms with Crippen LogP contribution < -0.4 is 5.32 Å². The van der Waals surface area contributed by atoms with Gasteiger partial charge in [0.15, 0.2) is 0 Å². The highest BCUT2D eigenvalue weighted by atomic mass is 16.4. The summed E-state index contributed by atoms with van der Waals surface area (Å²) in [5.41, 5.74) is 4.12. The fourth-order valence-corrected chi connectivity index (χ4v) is 4.97. The Morgan fingerprint density at radius 1 is 1.18 bits per heavy atom. The molecule has 0 saturated carbocycles. The molecule has 2 heterocycles. The third-order valence-corrected chi connectivity index (χ3v) is 6.47. The minimum Gasteiger partial charge on any atom is -0.478 e. The topological polar surface area (TPSA) is 157 Å². The molecule has 2 amide bonds. The van der Waals surface area contributed by atoms with Crippen molar-refractivity contribution in [1.82, 2.24) is 20.1 Å². The number of fused-ring (bicyclic) bond motifs is 2. The van der Waals surface area contributed by atoms with Crippen LogP contribution in [-0.4, -0.2) is 87.2 Å². The Kier molecular flexibility index (Phi) is 9.22. The number of H-pyrrole nitrogens is 1. The second kappa shape index (κ2) is 11.7. The predicted molar refractivity (Wildman–Crippen MR) is 129 cm³/mol. The molecule has 1 saturated heterocycles. The largest absolute Gasteiger partial charge is 0.478 e. The number of carboxylic acids is 2. The summed E-state index contributed by atoms with van der Waals surface area (Å²) in [4.78, 5) is 39.3. The van der Waals surface area contributed by atoms with Gasteiger partial charge in [0.2, 0.25) is 0 Å². The highest BCUT2D eigenvalue weighted by molar-refractivity contribution is 5.90. The number of hydrogen-bond donors (Lipinski definition) is 4. The lowest BCUT2D eigenvalue weighted by molar-refractivity contribution is -0.134. The number of aliphatic carboxylic acids is 2. The molecule has 2 aliphatic rings. The number of urea groups is 1. The summed E-state index contributed by atoms with van der Waals surface area (Å²) < 4.78 is 0. The van der Waals surface area contributed by atoms with E-state index >= 15 is 0 Å². The molecular formula is C24H34N4O6. The monoisotopic (exact) mass is 474 g/mol. The summed E-state index contributed by atoms with van der Waals surface area (Å²) >= 11 is 0. The Morgan fingerprint density at radius 3 is 2.41 bits per heavy atom. The van der Waals surface area contributed by atoms with Gasteiger partial charge in [0, 0.05) is 66.9 Å². The van der Waals surface area contributed by atoms with E-state index in [0.717, 1.165) is 32.5 Å². The summed E-state index contributed by atoms with van der Waals surface area (Å²) in [5.74, 6) is -2.03. The molecule has 10 heteroatoms. The van der Waals surface area contributed by atoms with Crippen molar-refractivity contribution in [2.75, 3.05) is 26.7 Å². The van der Waals surface area contributed by atoms with Gasteiger partial charge in [-0.1, -0.05) is 12.1 Å². The number of hydrogen-bond acceptors (Lipinski definition) is 4. The first-order valence-corrected chi connectivity index (χ1v) is 11.2. The van der Waals surface area contributed by atoms with Crippen LogP contribution in [0, 0.1) is 0 Å². The number of benzene rings is 1. The number of carbonyl (C=O) groups excluding carboxylic acids is 1. The van der Waals surface area contributed by atoms with Crippen molar-refractivity contribution >= 4 is 28.9 Å². The smallest absolute Gasteiger partial charge is 0.328 e. The number of rotatable bonds is 5. The van der Waals surface area contributed by atoms with Gasteiger partial charge in [-0.3, -0.25) is 0 Å². The second-order valence-corrected chi connectivity index (χ2v) is 8.47. The average molecular weight is 475 g/mol. The number of piperidine rings is 1. The van der Waals surface area contributed by atoms with Crippen molar-refractivity contribution in [2.24, 2.45) is 0 Å². The number of nitrogens with one attached hydrogen (secondary N) is 2. The van der Waals surface area contributed by atoms with Crippen molar-refractivity contribution in [3.8, 4) is 0 Å². The van der Waals surface area contributed by atoms with E-state index in [1.165, 1.54) is 22.0 Å². The highest BCUT2D eigenvalue weighted by Gasteiger charge is 2.39. The lowest BCUT2D eigenvalue weighted by Crippen LogP contribution is -2.56. The fourth-order valence-electron chi connectivity index (χ4n) is 4.97. The number of aromatic amines is 1. The predicted octanol–water partition coefficient (Wildman–Crippen LogP) is 1.82. The Hall–Kier alpha value is -3.37. The molecule has 1 aromatic carbocycles. The Bertz CT molecular complexity index is 1030. The van der Waals surface area contributed by atoms with Gasteiger partial charge in [-0.2, -0.15) is 0 Å². The number of carbonyl (C=O) groups is 3. The molecule has 10 nitrogen and oxygen atoms in total. The molecule has 1 aromatic heterocycles. The SMILES string of the molecule is CCN(CC)C(=O)N[C@H]1C[C@@H]2c3cccc4[nH]cc(c34)C[C@H]2N(C)C1.O.O=C(O)/C=C\C(=O)O. The summed E-state index contributed by atoms with van der Waals surface area (Å²) in [6.07, 6.45) is 5.40. The summed E-state index contributed by atoms with van der Waals surface area (Å²) in [6.45, 7) is 6.48. The van der Waals surface area contributed by atoms with Crippen LogP contribution in [-0.2, 0) is 16.0 Å². The van der Waals surface area contributed by atoms with E-state index in [1.54, 1.807) is 0 Å². The number of likely N-dealkylation sites (N-methyl/N-ethyl adjacent to an activating group) is 1. The van der Waals surface area contributed by atoms with E-state index in [4.69, 9.17) is 10.2 Å². The van der Waals surface area contributed by atoms with Crippen molar-refractivity contribution in [3.63, 3.8) is 0 Å². The van der Waals surface area contributed by atoms with Crippen LogP contribution >= 0.6 is 0 Å². The van der Waals surface area contributed by atoms with Gasteiger partial charge in [-0.25, -0.2) is 14.4 Å². The van der Waals surface area contributed by atoms with Crippen LogP contribution in [0.1, 0.15) is 37.3 Å². The summed E-state index contributed by atoms with van der Waals surface area (Å²) in [5, 5.41) is 20.3. The molecule has 1 fully saturated rings. The Balaban J connectivity index is 0.000000394. The van der Waals surface area contributed by atoms with Crippen LogP contribution in [0.15, 0.2) is 36.5 Å². The molecular weight excluding hydrogens is 440 g/mol. The average Bonchev–Trinajstić information content (AvgIpc) is 3.19. The molecule has 3 atom stereocenters. The standard InChI is InChI=1S/C20H28N4O.C4H4O4.H2O/c1-4-24(5-2)20(25)22-14-10-16-15-7-6-8-17-19(15)13(11-21-17)9-18(16)23(3)12-14;5-3(6)1-2-4(7)8;/h6-8,11,14,16,18,21H,4-5,9-10,12H2,1-3H3,(H,22,25);1-2H,(H,5,6)(H,7,8);1H2/b;2-1-;/t14-,16+,18+;;/m0../s1. The number of likely N-dealkylation sites (tertiary alicyclic amines) is 1. The van der Waals surface area contributed by atoms with Crippen LogP contribution in [0.25, 0.3) is 10.9 Å². The molecule has 4 rings (SSSR count). The van der Waals surface area contributed by atoms with Gasteiger partial charge in [0.1, 0.15) is 0 Å². The van der Waals surface area contributed by atoms with Crippen molar-refractivity contribution in [1.29, 1.82) is 0 Å². The first-order chi connectivity index (χ1) is 15.7. The maximum absolute atomic E-state index is 12.5. The molecule has 0 spiro atoms. The van der Waals surface area contributed by atoms with Gasteiger partial charge >= 0.3 is 18.0 Å². The number of carboxylic acid groups (broad SMARTS) is 2. The second-order valence-electron chi connectivity index (χ2n) is 8.47. The zero-order valence-corrected chi connectivity index (χ0v) is 19.7. The summed E-state index contributed by atoms with van der Waals surface area (Å²) in [6, 6.07) is 7.38. The Labute approximate surface area is 198 Å². The van der Waals surface area contributed by atoms with E-state index in [0.29, 0.717) is 24.1 Å². The number of aromatic nitrogens is 1. The normalized spacial score (nSPS) is 21.1. The van der Waals surface area contributed by atoms with Crippen LogP contribution in [0.5, 0.6) is 0 Å². The van der Waals surface area contributed by atoms with Crippen LogP contribution in [0.4, 0.5) is 4.79 Å². The molecule has 6 N–H and O–H groups in total. The molecule has 186 valence electrons. The molecule has 0 unspecified atom stereocenters. The van der Waals surface area contributed by atoms with Gasteiger partial charge < -0.3 is 35.8 Å². The van der Waals surface area contributed by atoms with Crippen molar-refractivity contribution in [2.45, 2.75) is 44.7 Å². The molecule has 1 aliphatic heterocycles. The maximum atomic E-state index is 12.5. The third kappa shape index (κ3) is 5.95. The lowest BCUT2D eigenvalue weighted by atomic mass is 9.74. The van der Waals surface area contributed by atoms with E-state index in [2.05, 4.69) is 46.6 Å². The minimum atomic E-state index is -1.26. The Morgan fingerprint density at radius 2 is 1.82 bits per heavy atom. The molecule has 0 bridgehead atoms. The molecule has 34 heavy (non-hydrogen) atoms. The zero-order chi connectivity index (χ0) is 24.1. The fraction of sp³-hybridized carbons (Fsp3) is 0.458. The third-order valence-electron chi connectivity index (χ3n) is 6.47. The van der Waals surface area contributed by atoms with E-state index < -0.39 is 11.9 Å². The molecule has 0 radical (unpaired) electrons. The number of amides is 2. The quantitative estimate of drug-likeness (QED) is 0.484. The zero-order valence-electron chi connectivity index (χ0n) is 19.7. The first-order valence-electron chi connectivity index (χ1n) is 11.2. The van der Waals surface area contributed by atoms with Gasteiger partial charge in [0.25, 0.3) is 0 Å². The highest BCUT2D eigenvalue weighted by Crippen LogP contribution is 2.42. The van der Waals surface area contributed by atoms with Crippen molar-refractivity contribution < 1.29 is 30.1 Å². The minimum absolute atomic E-state index is 0. The van der Waals surface area contributed by atoms with Crippen LogP contribution in [0.2, 0.25) is 0 Å². The van der Waals surface area contributed by atoms with E-state index in [1.807, 2.05) is 18.7 Å². The number of nitrogens with zero attached hydrogens (tertiary/aromatic N) is 2. The molecule has 1 aliphatic carbocycles. The first kappa shape index (κ1) is 26.9. The van der Waals surface area contributed by atoms with Gasteiger partial charge in [-0.05, 0) is 50.9 Å². The maximum Gasteiger partial charge on any atom is 0.328 e. The van der Waals surface area contributed by atoms with Gasteiger partial charge in [-0.15, -0.1) is 0 Å². The van der Waals surface area contributed by atoms with Gasteiger partial charge in [0.05, 0.1) is 0 Å². The van der Waals surface area contributed by atoms with E-state index in [9.17, 15) is 14.4 Å². The summed E-state index contributed by atoms with van der Waals surface area (Å²) in [7, 11) is 2.20. The van der Waals surface area contributed by atoms with Crippen LogP contribution in [0.3, 0.4) is 0 Å². The van der Waals surface area contributed by atoms with E-state index in [-0.39, 0.29) is 17.5 Å².